The molecule has 0 aliphatic carbocycles. The maximum absolute atomic E-state index is 12.9. The van der Waals surface area contributed by atoms with E-state index in [4.69, 9.17) is 5.11 Å². The summed E-state index contributed by atoms with van der Waals surface area (Å²) in [5, 5.41) is 11.9. The first-order valence-electron chi connectivity index (χ1n) is 5.50. The van der Waals surface area contributed by atoms with E-state index < -0.39 is 17.8 Å². The van der Waals surface area contributed by atoms with Gasteiger partial charge >= 0.3 is 6.18 Å². The highest BCUT2D eigenvalue weighted by Crippen LogP contribution is 2.37. The summed E-state index contributed by atoms with van der Waals surface area (Å²) < 4.78 is 38.9. The highest BCUT2D eigenvalue weighted by atomic mass is 79.9. The molecule has 0 aliphatic heterocycles. The fourth-order valence-corrected chi connectivity index (χ4v) is 1.86. The summed E-state index contributed by atoms with van der Waals surface area (Å²) in [6, 6.07) is 3.51. The van der Waals surface area contributed by atoms with E-state index in [1.807, 2.05) is 13.8 Å². The molecule has 2 nitrogen and oxygen atoms in total. The van der Waals surface area contributed by atoms with Crippen molar-refractivity contribution in [1.29, 1.82) is 0 Å². The highest BCUT2D eigenvalue weighted by molar-refractivity contribution is 9.10. The Hall–Kier alpha value is -0.750. The van der Waals surface area contributed by atoms with Crippen molar-refractivity contribution in [3.8, 4) is 0 Å². The predicted octanol–water partition coefficient (Wildman–Crippen LogP) is 3.90. The quantitative estimate of drug-likeness (QED) is 0.880. The van der Waals surface area contributed by atoms with Crippen LogP contribution in [0.5, 0.6) is 0 Å². The summed E-state index contributed by atoms with van der Waals surface area (Å²) in [7, 11) is 0. The van der Waals surface area contributed by atoms with E-state index >= 15 is 0 Å². The zero-order valence-electron chi connectivity index (χ0n) is 10.1. The van der Waals surface area contributed by atoms with Crippen molar-refractivity contribution in [2.24, 2.45) is 5.92 Å². The van der Waals surface area contributed by atoms with E-state index in [1.165, 1.54) is 12.1 Å². The van der Waals surface area contributed by atoms with E-state index in [1.54, 1.807) is 0 Å². The van der Waals surface area contributed by atoms with Gasteiger partial charge in [-0.1, -0.05) is 29.8 Å². The van der Waals surface area contributed by atoms with Crippen molar-refractivity contribution in [1.82, 2.24) is 0 Å². The van der Waals surface area contributed by atoms with Gasteiger partial charge in [-0.05, 0) is 24.1 Å². The highest BCUT2D eigenvalue weighted by Gasteiger charge is 2.34. The molecule has 0 heterocycles. The van der Waals surface area contributed by atoms with Crippen LogP contribution in [0.1, 0.15) is 19.4 Å². The van der Waals surface area contributed by atoms with Gasteiger partial charge in [-0.2, -0.15) is 13.2 Å². The fourth-order valence-electron chi connectivity index (χ4n) is 1.50. The molecule has 102 valence electrons. The second-order valence-electron chi connectivity index (χ2n) is 4.37. The molecule has 0 fully saturated rings. The van der Waals surface area contributed by atoms with Crippen LogP contribution < -0.4 is 5.32 Å². The normalized spacial score (nSPS) is 13.8. The Labute approximate surface area is 112 Å². The number of hydrogen-bond donors (Lipinski definition) is 2. The standard InChI is InChI=1S/C12H15BrF3NO/c1-7(2)11(6-18)17-10-4-3-8(13)5-9(10)12(14,15)16/h3-5,7,11,17-18H,6H2,1-2H3. The molecule has 1 rings (SSSR count). The van der Waals surface area contributed by atoms with Crippen molar-refractivity contribution in [3.05, 3.63) is 28.2 Å². The van der Waals surface area contributed by atoms with Crippen LogP contribution in [0.4, 0.5) is 18.9 Å². The van der Waals surface area contributed by atoms with Crippen molar-refractivity contribution in [2.75, 3.05) is 11.9 Å². The summed E-state index contributed by atoms with van der Waals surface area (Å²) in [4.78, 5) is 0. The third kappa shape index (κ3) is 3.88. The van der Waals surface area contributed by atoms with Crippen LogP contribution in [0.2, 0.25) is 0 Å². The number of benzene rings is 1. The first-order valence-corrected chi connectivity index (χ1v) is 6.29. The molecule has 0 aromatic heterocycles. The number of anilines is 1. The SMILES string of the molecule is CC(C)C(CO)Nc1ccc(Br)cc1C(F)(F)F. The average molecular weight is 326 g/mol. The molecule has 1 unspecified atom stereocenters. The van der Waals surface area contributed by atoms with Crippen LogP contribution in [0.3, 0.4) is 0 Å². The van der Waals surface area contributed by atoms with Gasteiger partial charge in [0.1, 0.15) is 0 Å². The van der Waals surface area contributed by atoms with Crippen LogP contribution >= 0.6 is 15.9 Å². The Kier molecular flexibility index (Phi) is 5.04. The number of alkyl halides is 3. The molecule has 0 radical (unpaired) electrons. The third-order valence-electron chi connectivity index (χ3n) is 2.63. The summed E-state index contributed by atoms with van der Waals surface area (Å²) >= 11 is 3.02. The lowest BCUT2D eigenvalue weighted by molar-refractivity contribution is -0.137. The molecule has 2 N–H and O–H groups in total. The summed E-state index contributed by atoms with van der Waals surface area (Å²) in [5.41, 5.74) is -0.755. The summed E-state index contributed by atoms with van der Waals surface area (Å²) in [5.74, 6) is 0.0275. The van der Waals surface area contributed by atoms with Gasteiger partial charge in [-0.25, -0.2) is 0 Å². The third-order valence-corrected chi connectivity index (χ3v) is 3.12. The van der Waals surface area contributed by atoms with Gasteiger partial charge in [0.15, 0.2) is 0 Å². The van der Waals surface area contributed by atoms with Gasteiger partial charge in [-0.3, -0.25) is 0 Å². The van der Waals surface area contributed by atoms with E-state index in [2.05, 4.69) is 21.2 Å². The lowest BCUT2D eigenvalue weighted by Crippen LogP contribution is -2.30. The Morgan fingerprint density at radius 2 is 1.94 bits per heavy atom. The first-order chi connectivity index (χ1) is 8.25. The molecule has 0 aliphatic rings. The fraction of sp³-hybridized carbons (Fsp3) is 0.500. The molecule has 1 aromatic rings. The molecule has 0 spiro atoms. The minimum atomic E-state index is -4.43. The lowest BCUT2D eigenvalue weighted by Gasteiger charge is -2.23. The second-order valence-corrected chi connectivity index (χ2v) is 5.28. The zero-order chi connectivity index (χ0) is 13.9. The average Bonchev–Trinajstić information content (AvgIpc) is 2.25. The summed E-state index contributed by atoms with van der Waals surface area (Å²) in [6.45, 7) is 3.45. The number of aliphatic hydroxyl groups excluding tert-OH is 1. The minimum Gasteiger partial charge on any atom is -0.394 e. The first kappa shape index (κ1) is 15.3. The molecule has 0 saturated carbocycles. The predicted molar refractivity (Wildman–Crippen MR) is 68.5 cm³/mol. The molecule has 18 heavy (non-hydrogen) atoms. The topological polar surface area (TPSA) is 32.3 Å². The van der Waals surface area contributed by atoms with Gasteiger partial charge in [0.25, 0.3) is 0 Å². The van der Waals surface area contributed by atoms with Gasteiger partial charge in [0, 0.05) is 10.2 Å². The molecule has 1 atom stereocenters. The van der Waals surface area contributed by atoms with E-state index in [9.17, 15) is 13.2 Å². The minimum absolute atomic E-state index is 0.0153. The maximum Gasteiger partial charge on any atom is 0.418 e. The monoisotopic (exact) mass is 325 g/mol. The Morgan fingerprint density at radius 1 is 1.33 bits per heavy atom. The van der Waals surface area contributed by atoms with Gasteiger partial charge in [-0.15, -0.1) is 0 Å². The number of hydrogen-bond acceptors (Lipinski definition) is 2. The molecule has 1 aromatic carbocycles. The van der Waals surface area contributed by atoms with Crippen molar-refractivity contribution < 1.29 is 18.3 Å². The molecule has 0 amide bonds. The van der Waals surface area contributed by atoms with Crippen LogP contribution in [-0.2, 0) is 6.18 Å². The number of rotatable bonds is 4. The smallest absolute Gasteiger partial charge is 0.394 e. The Balaban J connectivity index is 3.09. The molecule has 0 saturated heterocycles. The van der Waals surface area contributed by atoms with Gasteiger partial charge < -0.3 is 10.4 Å². The van der Waals surface area contributed by atoms with Crippen molar-refractivity contribution >= 4 is 21.6 Å². The van der Waals surface area contributed by atoms with E-state index in [0.29, 0.717) is 4.47 Å². The number of nitrogens with one attached hydrogen (secondary N) is 1. The Morgan fingerprint density at radius 3 is 2.39 bits per heavy atom. The van der Waals surface area contributed by atoms with Crippen LogP contribution in [-0.4, -0.2) is 17.8 Å². The van der Waals surface area contributed by atoms with Gasteiger partial charge in [0.05, 0.1) is 18.2 Å². The number of aliphatic hydroxyl groups is 1. The van der Waals surface area contributed by atoms with Crippen LogP contribution in [0.15, 0.2) is 22.7 Å². The van der Waals surface area contributed by atoms with E-state index in [0.717, 1.165) is 6.07 Å². The van der Waals surface area contributed by atoms with Crippen LogP contribution in [0.25, 0.3) is 0 Å². The largest absolute Gasteiger partial charge is 0.418 e. The van der Waals surface area contributed by atoms with Crippen molar-refractivity contribution in [2.45, 2.75) is 26.1 Å². The lowest BCUT2D eigenvalue weighted by atomic mass is 10.0. The van der Waals surface area contributed by atoms with E-state index in [-0.39, 0.29) is 18.2 Å². The van der Waals surface area contributed by atoms with Crippen molar-refractivity contribution in [3.63, 3.8) is 0 Å². The molecule has 6 heteroatoms. The zero-order valence-corrected chi connectivity index (χ0v) is 11.6. The van der Waals surface area contributed by atoms with Gasteiger partial charge in [0.2, 0.25) is 0 Å². The number of halogens is 4. The molecular formula is C12H15BrF3NO. The van der Waals surface area contributed by atoms with Crippen LogP contribution in [0, 0.1) is 5.92 Å². The Bertz CT molecular complexity index is 407. The maximum atomic E-state index is 12.9. The molecule has 0 bridgehead atoms. The summed E-state index contributed by atoms with van der Waals surface area (Å²) in [6.07, 6.45) is -4.43. The molecular weight excluding hydrogens is 311 g/mol. The second kappa shape index (κ2) is 5.93.